The van der Waals surface area contributed by atoms with E-state index in [1.807, 2.05) is 0 Å². The van der Waals surface area contributed by atoms with Gasteiger partial charge in [-0.15, -0.1) is 0 Å². The van der Waals surface area contributed by atoms with Crippen molar-refractivity contribution in [3.05, 3.63) is 34.9 Å². The van der Waals surface area contributed by atoms with E-state index < -0.39 is 11.6 Å². The van der Waals surface area contributed by atoms with Gasteiger partial charge < -0.3 is 10.5 Å². The second-order valence-electron chi connectivity index (χ2n) is 4.32. The number of benzene rings is 1. The van der Waals surface area contributed by atoms with Gasteiger partial charge in [0, 0.05) is 24.6 Å². The Morgan fingerprint density at radius 3 is 2.50 bits per heavy atom. The molecule has 4 heteroatoms. The molecule has 88 valence electrons. The van der Waals surface area contributed by atoms with E-state index in [0.29, 0.717) is 12.1 Å². The highest BCUT2D eigenvalue weighted by Crippen LogP contribution is 2.48. The van der Waals surface area contributed by atoms with Crippen LogP contribution in [-0.2, 0) is 16.8 Å². The highest BCUT2D eigenvalue weighted by atomic mass is 19.2. The number of rotatable bonds is 4. The molecule has 0 aromatic heterocycles. The first kappa shape index (κ1) is 11.5. The van der Waals surface area contributed by atoms with Gasteiger partial charge in [-0.2, -0.15) is 0 Å². The van der Waals surface area contributed by atoms with Crippen molar-refractivity contribution in [2.75, 3.05) is 13.7 Å². The smallest absolute Gasteiger partial charge is 0.164 e. The Kier molecular flexibility index (Phi) is 2.95. The van der Waals surface area contributed by atoms with Crippen LogP contribution in [0.1, 0.15) is 24.0 Å². The largest absolute Gasteiger partial charge is 0.380 e. The lowest BCUT2D eigenvalue weighted by Crippen LogP contribution is -2.22. The number of hydrogen-bond acceptors (Lipinski definition) is 2. The van der Waals surface area contributed by atoms with Crippen LogP contribution in [0.4, 0.5) is 8.78 Å². The molecule has 0 atom stereocenters. The topological polar surface area (TPSA) is 35.2 Å². The molecule has 1 aromatic rings. The van der Waals surface area contributed by atoms with Gasteiger partial charge in [-0.05, 0) is 18.4 Å². The third kappa shape index (κ3) is 1.72. The molecule has 2 rings (SSSR count). The quantitative estimate of drug-likeness (QED) is 0.855. The molecule has 1 aliphatic rings. The molecule has 1 fully saturated rings. The van der Waals surface area contributed by atoms with Crippen LogP contribution in [0.2, 0.25) is 0 Å². The summed E-state index contributed by atoms with van der Waals surface area (Å²) in [5, 5.41) is 0. The van der Waals surface area contributed by atoms with Gasteiger partial charge in [0.1, 0.15) is 0 Å². The Hall–Kier alpha value is -1.00. The summed E-state index contributed by atoms with van der Waals surface area (Å²) in [6.07, 6.45) is 1.67. The van der Waals surface area contributed by atoms with E-state index in [-0.39, 0.29) is 17.6 Å². The van der Waals surface area contributed by atoms with Crippen molar-refractivity contribution >= 4 is 0 Å². The molecule has 1 saturated carbocycles. The number of hydrogen-bond donors (Lipinski definition) is 1. The molecule has 2 nitrogen and oxygen atoms in total. The lowest BCUT2D eigenvalue weighted by Gasteiger charge is -2.15. The van der Waals surface area contributed by atoms with Gasteiger partial charge in [-0.3, -0.25) is 0 Å². The lowest BCUT2D eigenvalue weighted by molar-refractivity contribution is 0.180. The van der Waals surface area contributed by atoms with Crippen molar-refractivity contribution in [1.29, 1.82) is 0 Å². The summed E-state index contributed by atoms with van der Waals surface area (Å²) < 4.78 is 32.3. The third-order valence-corrected chi connectivity index (χ3v) is 3.28. The monoisotopic (exact) mass is 227 g/mol. The summed E-state index contributed by atoms with van der Waals surface area (Å²) in [7, 11) is 1.45. The fourth-order valence-electron chi connectivity index (χ4n) is 2.00. The molecule has 0 radical (unpaired) electrons. The molecule has 0 heterocycles. The number of nitrogens with two attached hydrogens (primary N) is 1. The van der Waals surface area contributed by atoms with Gasteiger partial charge in [0.05, 0.1) is 6.61 Å². The van der Waals surface area contributed by atoms with Gasteiger partial charge in [0.15, 0.2) is 11.6 Å². The summed E-state index contributed by atoms with van der Waals surface area (Å²) >= 11 is 0. The molecule has 1 aromatic carbocycles. The molecule has 1 aliphatic carbocycles. The average Bonchev–Trinajstić information content (AvgIpc) is 3.06. The maximum absolute atomic E-state index is 13.8. The Balaban J connectivity index is 2.39. The average molecular weight is 227 g/mol. The zero-order valence-corrected chi connectivity index (χ0v) is 9.22. The molecule has 2 N–H and O–H groups in total. The Labute approximate surface area is 93.4 Å². The minimum Gasteiger partial charge on any atom is -0.380 e. The zero-order chi connectivity index (χ0) is 11.8. The van der Waals surface area contributed by atoms with E-state index in [4.69, 9.17) is 10.5 Å². The molecule has 0 unspecified atom stereocenters. The number of ether oxygens (including phenoxy) is 1. The Bertz CT molecular complexity index is 402. The predicted molar refractivity (Wildman–Crippen MR) is 57.0 cm³/mol. The Morgan fingerprint density at radius 2 is 2.00 bits per heavy atom. The van der Waals surface area contributed by atoms with Gasteiger partial charge in [-0.1, -0.05) is 12.1 Å². The van der Waals surface area contributed by atoms with Crippen LogP contribution in [0.3, 0.4) is 0 Å². The van der Waals surface area contributed by atoms with Crippen LogP contribution in [0.15, 0.2) is 12.1 Å². The first-order valence-electron chi connectivity index (χ1n) is 5.31. The maximum atomic E-state index is 13.8. The summed E-state index contributed by atoms with van der Waals surface area (Å²) in [5.41, 5.74) is 5.94. The normalized spacial score (nSPS) is 17.5. The van der Waals surface area contributed by atoms with E-state index >= 15 is 0 Å². The highest BCUT2D eigenvalue weighted by molar-refractivity contribution is 5.36. The number of halogens is 2. The SMILES string of the molecule is COCc1ccc(C2(CN)CC2)c(F)c1F. The molecule has 0 aliphatic heterocycles. The minimum absolute atomic E-state index is 0.0820. The molecule has 0 bridgehead atoms. The van der Waals surface area contributed by atoms with Gasteiger partial charge in [0.2, 0.25) is 0 Å². The standard InChI is InChI=1S/C12H15F2NO/c1-16-6-8-2-3-9(11(14)10(8)13)12(7-15)4-5-12/h2-3H,4-7,15H2,1H3. The molecule has 0 spiro atoms. The van der Waals surface area contributed by atoms with Crippen molar-refractivity contribution < 1.29 is 13.5 Å². The fourth-order valence-corrected chi connectivity index (χ4v) is 2.00. The van der Waals surface area contributed by atoms with Crippen LogP contribution in [0.25, 0.3) is 0 Å². The van der Waals surface area contributed by atoms with E-state index in [2.05, 4.69) is 0 Å². The summed E-state index contributed by atoms with van der Waals surface area (Å²) in [6, 6.07) is 3.21. The third-order valence-electron chi connectivity index (χ3n) is 3.28. The van der Waals surface area contributed by atoms with Crippen LogP contribution in [0, 0.1) is 11.6 Å². The van der Waals surface area contributed by atoms with Crippen molar-refractivity contribution in [3.63, 3.8) is 0 Å². The molecule has 16 heavy (non-hydrogen) atoms. The van der Waals surface area contributed by atoms with E-state index in [1.54, 1.807) is 12.1 Å². The van der Waals surface area contributed by atoms with Crippen LogP contribution < -0.4 is 5.73 Å². The second-order valence-corrected chi connectivity index (χ2v) is 4.32. The first-order chi connectivity index (χ1) is 7.64. The summed E-state index contributed by atoms with van der Waals surface area (Å²) in [6.45, 7) is 0.450. The molecular weight excluding hydrogens is 212 g/mol. The van der Waals surface area contributed by atoms with Crippen molar-refractivity contribution in [2.24, 2.45) is 5.73 Å². The van der Waals surface area contributed by atoms with E-state index in [0.717, 1.165) is 12.8 Å². The molecule has 0 amide bonds. The summed E-state index contributed by atoms with van der Waals surface area (Å²) in [4.78, 5) is 0. The van der Waals surface area contributed by atoms with Gasteiger partial charge in [0.25, 0.3) is 0 Å². The zero-order valence-electron chi connectivity index (χ0n) is 9.22. The molecular formula is C12H15F2NO. The van der Waals surface area contributed by atoms with Crippen LogP contribution in [-0.4, -0.2) is 13.7 Å². The van der Waals surface area contributed by atoms with Crippen molar-refractivity contribution in [1.82, 2.24) is 0 Å². The minimum atomic E-state index is -0.806. The fraction of sp³-hybridized carbons (Fsp3) is 0.500. The van der Waals surface area contributed by atoms with Crippen molar-refractivity contribution in [2.45, 2.75) is 24.9 Å². The van der Waals surface area contributed by atoms with Crippen LogP contribution >= 0.6 is 0 Å². The summed E-state index contributed by atoms with van der Waals surface area (Å²) in [5.74, 6) is -1.57. The van der Waals surface area contributed by atoms with Crippen molar-refractivity contribution in [3.8, 4) is 0 Å². The number of methoxy groups -OCH3 is 1. The maximum Gasteiger partial charge on any atom is 0.164 e. The second kappa shape index (κ2) is 4.11. The Morgan fingerprint density at radius 1 is 1.31 bits per heavy atom. The lowest BCUT2D eigenvalue weighted by atomic mass is 9.94. The highest BCUT2D eigenvalue weighted by Gasteiger charge is 2.45. The van der Waals surface area contributed by atoms with E-state index in [1.165, 1.54) is 7.11 Å². The van der Waals surface area contributed by atoms with E-state index in [9.17, 15) is 8.78 Å². The van der Waals surface area contributed by atoms with Crippen LogP contribution in [0.5, 0.6) is 0 Å². The van der Waals surface area contributed by atoms with Gasteiger partial charge in [-0.25, -0.2) is 8.78 Å². The van der Waals surface area contributed by atoms with Gasteiger partial charge >= 0.3 is 0 Å². The molecule has 0 saturated heterocycles. The predicted octanol–water partition coefficient (Wildman–Crippen LogP) is 2.10. The first-order valence-corrected chi connectivity index (χ1v) is 5.31.